The normalized spacial score (nSPS) is 14.6. The summed E-state index contributed by atoms with van der Waals surface area (Å²) in [6.45, 7) is 13.9. The Labute approximate surface area is 262 Å². The molecule has 0 aliphatic carbocycles. The molecule has 13 heteroatoms. The molecule has 9 nitrogen and oxygen atoms in total. The molecule has 0 unspecified atom stereocenters. The fourth-order valence-electron chi connectivity index (χ4n) is 4.63. The van der Waals surface area contributed by atoms with Gasteiger partial charge in [0.2, 0.25) is 5.78 Å². The predicted octanol–water partition coefficient (Wildman–Crippen LogP) is 6.17. The largest absolute Gasteiger partial charge is 0.433 e. The van der Waals surface area contributed by atoms with Crippen LogP contribution in [0.3, 0.4) is 0 Å². The number of alkyl halides is 3. The Hall–Kier alpha value is -3.22. The average molecular weight is 638 g/mol. The molecule has 5 rings (SSSR count). The van der Waals surface area contributed by atoms with E-state index in [9.17, 15) is 18.0 Å². The van der Waals surface area contributed by atoms with E-state index in [4.69, 9.17) is 11.6 Å². The van der Waals surface area contributed by atoms with Gasteiger partial charge < -0.3 is 19.7 Å². The third kappa shape index (κ3) is 9.15. The van der Waals surface area contributed by atoms with Crippen LogP contribution in [0, 0.1) is 6.92 Å². The molecule has 0 saturated carbocycles. The summed E-state index contributed by atoms with van der Waals surface area (Å²) in [6, 6.07) is 3.65. The van der Waals surface area contributed by atoms with Crippen molar-refractivity contribution in [2.45, 2.75) is 66.1 Å². The minimum absolute atomic E-state index is 0.00605. The molecule has 0 spiro atoms. The monoisotopic (exact) mass is 637 g/mol. The second-order valence-electron chi connectivity index (χ2n) is 11.7. The van der Waals surface area contributed by atoms with Gasteiger partial charge in [0, 0.05) is 37.9 Å². The quantitative estimate of drug-likeness (QED) is 0.246. The van der Waals surface area contributed by atoms with E-state index in [-0.39, 0.29) is 29.4 Å². The number of piperidine rings is 1. The zero-order valence-electron chi connectivity index (χ0n) is 26.9. The topological polar surface area (TPSA) is 91.2 Å². The maximum atomic E-state index is 13.2. The lowest BCUT2D eigenvalue weighted by molar-refractivity contribution is -0.868. The van der Waals surface area contributed by atoms with Gasteiger partial charge in [-0.05, 0) is 50.9 Å². The number of aromatic nitrogens is 5. The number of fused-ring (bicyclic) bond motifs is 2. The lowest BCUT2D eigenvalue weighted by atomic mass is 10.0. The molecular weight excluding hydrogens is 593 g/mol. The van der Waals surface area contributed by atoms with E-state index < -0.39 is 11.9 Å². The summed E-state index contributed by atoms with van der Waals surface area (Å²) in [5.74, 6) is 0.270. The van der Waals surface area contributed by atoms with Crippen LogP contribution >= 0.6 is 11.6 Å². The summed E-state index contributed by atoms with van der Waals surface area (Å²) >= 11 is 6.47. The maximum Gasteiger partial charge on any atom is 0.433 e. The molecule has 1 aliphatic heterocycles. The number of aryl methyl sites for hydroxylation is 1. The summed E-state index contributed by atoms with van der Waals surface area (Å²) in [6.07, 6.45) is 0.459. The van der Waals surface area contributed by atoms with Crippen LogP contribution in [0.4, 0.5) is 18.9 Å². The number of hydrogen-bond acceptors (Lipinski definition) is 6. The summed E-state index contributed by atoms with van der Waals surface area (Å²) in [4.78, 5) is 30.3. The Morgan fingerprint density at radius 2 is 1.70 bits per heavy atom. The molecule has 0 amide bonds. The number of anilines is 1. The van der Waals surface area contributed by atoms with Crippen molar-refractivity contribution in [3.63, 3.8) is 0 Å². The van der Waals surface area contributed by atoms with Gasteiger partial charge >= 0.3 is 6.18 Å². The van der Waals surface area contributed by atoms with Crippen molar-refractivity contribution in [2.24, 2.45) is 0 Å². The summed E-state index contributed by atoms with van der Waals surface area (Å²) in [7, 11) is 6.54. The van der Waals surface area contributed by atoms with Gasteiger partial charge in [-0.15, -0.1) is 0 Å². The first-order valence-electron chi connectivity index (χ1n) is 15.1. The SMILES string of the molecule is CC.CCN1CCC(Nc2cc3nc(Cc4cn5cc(C)c(C(F)(F)F)nc5n4)[nH]c(=O)c3cc2Cl)CC1.CC[N+](C)(C)C. The number of likely N-dealkylation sites (tertiary alicyclic amines) is 1. The van der Waals surface area contributed by atoms with Gasteiger partial charge in [0.05, 0.1) is 55.0 Å². The van der Waals surface area contributed by atoms with E-state index in [1.54, 1.807) is 18.3 Å². The van der Waals surface area contributed by atoms with E-state index in [2.05, 4.69) is 65.1 Å². The van der Waals surface area contributed by atoms with Crippen LogP contribution in [-0.2, 0) is 12.6 Å². The van der Waals surface area contributed by atoms with E-state index in [0.29, 0.717) is 27.4 Å². The van der Waals surface area contributed by atoms with Crippen molar-refractivity contribution in [2.75, 3.05) is 52.6 Å². The van der Waals surface area contributed by atoms with Crippen LogP contribution in [0.15, 0.2) is 29.3 Å². The molecule has 44 heavy (non-hydrogen) atoms. The molecule has 242 valence electrons. The Balaban J connectivity index is 0.000000593. The number of imidazole rings is 1. The van der Waals surface area contributed by atoms with Crippen molar-refractivity contribution < 1.29 is 17.7 Å². The van der Waals surface area contributed by atoms with E-state index in [1.165, 1.54) is 24.1 Å². The number of halogens is 4. The van der Waals surface area contributed by atoms with Gasteiger partial charge in [-0.2, -0.15) is 13.2 Å². The Morgan fingerprint density at radius 3 is 2.27 bits per heavy atom. The molecule has 0 bridgehead atoms. The van der Waals surface area contributed by atoms with Gasteiger partial charge in [-0.25, -0.2) is 15.0 Å². The average Bonchev–Trinajstić information content (AvgIpc) is 3.35. The fourth-order valence-corrected chi connectivity index (χ4v) is 4.85. The van der Waals surface area contributed by atoms with Gasteiger partial charge in [-0.3, -0.25) is 9.20 Å². The van der Waals surface area contributed by atoms with Crippen LogP contribution in [0.2, 0.25) is 5.02 Å². The fraction of sp³-hybridized carbons (Fsp3) is 0.548. The summed E-state index contributed by atoms with van der Waals surface area (Å²) in [5.41, 5.74) is 0.296. The van der Waals surface area contributed by atoms with Gasteiger partial charge in [0.1, 0.15) is 5.82 Å². The zero-order valence-corrected chi connectivity index (χ0v) is 27.7. The number of aromatic amines is 1. The lowest BCUT2D eigenvalue weighted by Crippen LogP contribution is -2.38. The molecule has 2 N–H and O–H groups in total. The zero-order chi connectivity index (χ0) is 32.8. The highest BCUT2D eigenvalue weighted by Gasteiger charge is 2.35. The Kier molecular flexibility index (Phi) is 11.8. The molecule has 1 aromatic carbocycles. The maximum absolute atomic E-state index is 13.2. The molecule has 1 aliphatic rings. The second-order valence-corrected chi connectivity index (χ2v) is 12.1. The number of quaternary nitrogens is 1. The first-order valence-corrected chi connectivity index (χ1v) is 15.5. The van der Waals surface area contributed by atoms with Crippen LogP contribution in [0.1, 0.15) is 63.3 Å². The third-order valence-electron chi connectivity index (χ3n) is 7.48. The highest BCUT2D eigenvalue weighted by Crippen LogP contribution is 2.31. The Morgan fingerprint density at radius 1 is 1.07 bits per heavy atom. The van der Waals surface area contributed by atoms with E-state index in [1.807, 2.05) is 13.8 Å². The van der Waals surface area contributed by atoms with Crippen LogP contribution < -0.4 is 10.9 Å². The number of rotatable bonds is 6. The van der Waals surface area contributed by atoms with Crippen LogP contribution in [0.25, 0.3) is 16.7 Å². The van der Waals surface area contributed by atoms with Crippen molar-refractivity contribution in [1.29, 1.82) is 0 Å². The number of nitrogens with one attached hydrogen (secondary N) is 2. The summed E-state index contributed by atoms with van der Waals surface area (Å²) in [5, 5.41) is 4.29. The van der Waals surface area contributed by atoms with Crippen molar-refractivity contribution in [3.8, 4) is 0 Å². The van der Waals surface area contributed by atoms with Crippen molar-refractivity contribution >= 4 is 34.0 Å². The van der Waals surface area contributed by atoms with Gasteiger partial charge in [0.25, 0.3) is 5.56 Å². The highest BCUT2D eigenvalue weighted by molar-refractivity contribution is 6.34. The molecular formula is C31H45ClF3N8O+. The number of benzene rings is 1. The van der Waals surface area contributed by atoms with Crippen LogP contribution in [0.5, 0.6) is 0 Å². The van der Waals surface area contributed by atoms with Crippen LogP contribution in [-0.4, -0.2) is 87.1 Å². The number of H-pyrrole nitrogens is 1. The minimum atomic E-state index is -4.57. The Bertz CT molecular complexity index is 1600. The molecule has 1 fully saturated rings. The van der Waals surface area contributed by atoms with Crippen molar-refractivity contribution in [3.05, 3.63) is 62.7 Å². The van der Waals surface area contributed by atoms with Gasteiger partial charge in [0.15, 0.2) is 5.69 Å². The van der Waals surface area contributed by atoms with Gasteiger partial charge in [-0.1, -0.05) is 32.4 Å². The first kappa shape index (κ1) is 35.3. The molecule has 3 aromatic heterocycles. The minimum Gasteiger partial charge on any atom is -0.381 e. The number of nitrogens with zero attached hydrogens (tertiary/aromatic N) is 6. The smallest absolute Gasteiger partial charge is 0.381 e. The molecule has 4 heterocycles. The molecule has 0 radical (unpaired) electrons. The van der Waals surface area contributed by atoms with Crippen molar-refractivity contribution in [1.82, 2.24) is 29.2 Å². The second kappa shape index (κ2) is 14.7. The lowest BCUT2D eigenvalue weighted by Gasteiger charge is -2.32. The van der Waals surface area contributed by atoms with E-state index in [0.717, 1.165) is 42.6 Å². The number of hydrogen-bond donors (Lipinski definition) is 2. The standard InChI is InChI=1S/C24H25ClF3N7O.C5H14N.C2H6/c1-3-34-6-4-14(5-7-34)29-19-10-18-16(9-17(19)25)22(36)32-20(31-18)8-15-12-35-11-13(2)21(24(26,27)28)33-23(35)30-15;1-5-6(2,3)4;1-2/h9-12,14,29H,3-8H2,1-2H3,(H,31,32,36);5H2,1-4H3;1-2H3/q;+1;. The first-order chi connectivity index (χ1) is 20.7. The molecule has 0 atom stereocenters. The third-order valence-corrected chi connectivity index (χ3v) is 7.80. The van der Waals surface area contributed by atoms with E-state index >= 15 is 0 Å². The summed E-state index contributed by atoms with van der Waals surface area (Å²) < 4.78 is 42.1. The molecule has 1 saturated heterocycles. The highest BCUT2D eigenvalue weighted by atomic mass is 35.5. The predicted molar refractivity (Wildman–Crippen MR) is 172 cm³/mol. The molecule has 4 aromatic rings.